The number of carbonyl (C=O) groups excluding carboxylic acids is 1. The molecule has 5 rings (SSSR count). The van der Waals surface area contributed by atoms with Gasteiger partial charge in [0.2, 0.25) is 0 Å². The van der Waals surface area contributed by atoms with E-state index in [1.54, 1.807) is 6.20 Å². The quantitative estimate of drug-likeness (QED) is 0.445. The second kappa shape index (κ2) is 9.02. The third-order valence-electron chi connectivity index (χ3n) is 6.37. The van der Waals surface area contributed by atoms with E-state index in [0.717, 1.165) is 59.1 Å². The van der Waals surface area contributed by atoms with Crippen LogP contribution < -0.4 is 0 Å². The van der Waals surface area contributed by atoms with Gasteiger partial charge in [-0.25, -0.2) is 9.67 Å². The predicted molar refractivity (Wildman–Crippen MR) is 131 cm³/mol. The van der Waals surface area contributed by atoms with Gasteiger partial charge in [0.15, 0.2) is 5.65 Å². The van der Waals surface area contributed by atoms with Crippen LogP contribution in [0, 0.1) is 13.8 Å². The van der Waals surface area contributed by atoms with E-state index in [0.29, 0.717) is 18.7 Å². The fraction of sp³-hybridized carbons (Fsp3) is 0.385. The highest BCUT2D eigenvalue weighted by Crippen LogP contribution is 2.30. The Bertz CT molecular complexity index is 1320. The Labute approximate surface area is 199 Å². The topological polar surface area (TPSA) is 80.3 Å². The third-order valence-corrected chi connectivity index (χ3v) is 6.37. The molecule has 1 saturated heterocycles. The SMILES string of the molecule is Cc1cc(-c2cc(C(=O)N3CCN(Cc4ccccn4)CC3)c3cnn(C(C)C)c3n2)c(C)o1. The summed E-state index contributed by atoms with van der Waals surface area (Å²) in [5.74, 6) is 1.64. The number of rotatable bonds is 5. The van der Waals surface area contributed by atoms with E-state index >= 15 is 0 Å². The summed E-state index contributed by atoms with van der Waals surface area (Å²) < 4.78 is 7.63. The van der Waals surface area contributed by atoms with Crippen molar-refractivity contribution in [3.63, 3.8) is 0 Å². The van der Waals surface area contributed by atoms with E-state index in [4.69, 9.17) is 9.40 Å². The zero-order valence-electron chi connectivity index (χ0n) is 20.2. The molecule has 8 heteroatoms. The molecule has 0 unspecified atom stereocenters. The fourth-order valence-corrected chi connectivity index (χ4v) is 4.60. The maximum Gasteiger partial charge on any atom is 0.254 e. The standard InChI is InChI=1S/C26H30N6O2/c1-17(2)32-25-23(15-28-32)22(14-24(29-25)21-13-18(3)34-19(21)4)26(33)31-11-9-30(10-12-31)16-20-7-5-6-8-27-20/h5-8,13-15,17H,9-12,16H2,1-4H3. The van der Waals surface area contributed by atoms with Crippen LogP contribution in [0.5, 0.6) is 0 Å². The molecule has 0 spiro atoms. The molecule has 8 nitrogen and oxygen atoms in total. The minimum absolute atomic E-state index is 0.0207. The second-order valence-corrected chi connectivity index (χ2v) is 9.19. The van der Waals surface area contributed by atoms with Crippen LogP contribution >= 0.6 is 0 Å². The molecule has 1 aliphatic heterocycles. The average Bonchev–Trinajstić information content (AvgIpc) is 3.41. The molecule has 1 amide bonds. The number of piperazine rings is 1. The molecule has 34 heavy (non-hydrogen) atoms. The Hall–Kier alpha value is -3.52. The number of carbonyl (C=O) groups is 1. The second-order valence-electron chi connectivity index (χ2n) is 9.19. The van der Waals surface area contributed by atoms with E-state index in [9.17, 15) is 4.79 Å². The Morgan fingerprint density at radius 1 is 1.12 bits per heavy atom. The van der Waals surface area contributed by atoms with Crippen LogP contribution in [0.1, 0.15) is 47.5 Å². The summed E-state index contributed by atoms with van der Waals surface area (Å²) >= 11 is 0. The first kappa shape index (κ1) is 22.3. The molecule has 176 valence electrons. The summed E-state index contributed by atoms with van der Waals surface area (Å²) in [5, 5.41) is 5.34. The zero-order chi connectivity index (χ0) is 23.8. The molecule has 4 aromatic heterocycles. The van der Waals surface area contributed by atoms with Crippen molar-refractivity contribution in [3.05, 3.63) is 65.5 Å². The first-order chi connectivity index (χ1) is 16.4. The third kappa shape index (κ3) is 4.21. The number of hydrogen-bond acceptors (Lipinski definition) is 6. The van der Waals surface area contributed by atoms with Gasteiger partial charge in [-0.15, -0.1) is 0 Å². The van der Waals surface area contributed by atoms with Gasteiger partial charge in [0.05, 0.1) is 28.5 Å². The molecule has 0 aromatic carbocycles. The summed E-state index contributed by atoms with van der Waals surface area (Å²) in [6.45, 7) is 11.8. The molecule has 4 aromatic rings. The van der Waals surface area contributed by atoms with Crippen molar-refractivity contribution in [1.82, 2.24) is 29.5 Å². The van der Waals surface area contributed by atoms with Crippen molar-refractivity contribution in [2.45, 2.75) is 40.3 Å². The summed E-state index contributed by atoms with van der Waals surface area (Å²) in [6, 6.07) is 9.98. The molecule has 0 saturated carbocycles. The maximum absolute atomic E-state index is 13.7. The number of amides is 1. The molecule has 0 radical (unpaired) electrons. The van der Waals surface area contributed by atoms with Crippen molar-refractivity contribution in [2.75, 3.05) is 26.2 Å². The number of nitrogens with zero attached hydrogens (tertiary/aromatic N) is 6. The highest BCUT2D eigenvalue weighted by molar-refractivity contribution is 6.06. The molecular formula is C26H30N6O2. The van der Waals surface area contributed by atoms with Gasteiger partial charge in [0, 0.05) is 50.5 Å². The molecular weight excluding hydrogens is 428 g/mol. The molecule has 5 heterocycles. The number of pyridine rings is 2. The van der Waals surface area contributed by atoms with Crippen LogP contribution in [0.3, 0.4) is 0 Å². The lowest BCUT2D eigenvalue weighted by Gasteiger charge is -2.34. The van der Waals surface area contributed by atoms with Gasteiger partial charge in [-0.05, 0) is 52.0 Å². The van der Waals surface area contributed by atoms with Crippen LogP contribution in [-0.4, -0.2) is 61.6 Å². The van der Waals surface area contributed by atoms with Crippen molar-refractivity contribution in [1.29, 1.82) is 0 Å². The summed E-state index contributed by atoms with van der Waals surface area (Å²) in [5.41, 5.74) is 4.06. The van der Waals surface area contributed by atoms with Gasteiger partial charge in [-0.3, -0.25) is 14.7 Å². The van der Waals surface area contributed by atoms with Gasteiger partial charge in [0.1, 0.15) is 11.5 Å². The molecule has 0 N–H and O–H groups in total. The van der Waals surface area contributed by atoms with Crippen LogP contribution in [0.15, 0.2) is 47.1 Å². The van der Waals surface area contributed by atoms with Gasteiger partial charge < -0.3 is 9.32 Å². The number of aryl methyl sites for hydroxylation is 2. The predicted octanol–water partition coefficient (Wildman–Crippen LogP) is 4.24. The van der Waals surface area contributed by atoms with Crippen molar-refractivity contribution < 1.29 is 9.21 Å². The van der Waals surface area contributed by atoms with E-state index < -0.39 is 0 Å². The summed E-state index contributed by atoms with van der Waals surface area (Å²) in [6.07, 6.45) is 3.59. The monoisotopic (exact) mass is 458 g/mol. The van der Waals surface area contributed by atoms with Gasteiger partial charge in [0.25, 0.3) is 5.91 Å². The van der Waals surface area contributed by atoms with Crippen molar-refractivity contribution in [2.24, 2.45) is 0 Å². The summed E-state index contributed by atoms with van der Waals surface area (Å²) in [4.78, 5) is 27.3. The number of aromatic nitrogens is 4. The van der Waals surface area contributed by atoms with Crippen LogP contribution in [0.4, 0.5) is 0 Å². The maximum atomic E-state index is 13.7. The lowest BCUT2D eigenvalue weighted by atomic mass is 10.1. The van der Waals surface area contributed by atoms with Crippen molar-refractivity contribution >= 4 is 16.9 Å². The Morgan fingerprint density at radius 3 is 2.56 bits per heavy atom. The van der Waals surface area contributed by atoms with Gasteiger partial charge >= 0.3 is 0 Å². The van der Waals surface area contributed by atoms with Gasteiger partial charge in [-0.2, -0.15) is 5.10 Å². The first-order valence-electron chi connectivity index (χ1n) is 11.8. The lowest BCUT2D eigenvalue weighted by Crippen LogP contribution is -2.48. The molecule has 0 atom stereocenters. The van der Waals surface area contributed by atoms with Crippen LogP contribution in [0.25, 0.3) is 22.3 Å². The van der Waals surface area contributed by atoms with E-state index in [1.165, 1.54) is 0 Å². The number of furan rings is 1. The Balaban J connectivity index is 1.44. The zero-order valence-corrected chi connectivity index (χ0v) is 20.2. The minimum Gasteiger partial charge on any atom is -0.466 e. The van der Waals surface area contributed by atoms with Crippen LogP contribution in [-0.2, 0) is 6.54 Å². The van der Waals surface area contributed by atoms with E-state index in [-0.39, 0.29) is 11.9 Å². The summed E-state index contributed by atoms with van der Waals surface area (Å²) in [7, 11) is 0. The van der Waals surface area contributed by atoms with Crippen LogP contribution in [0.2, 0.25) is 0 Å². The minimum atomic E-state index is 0.0207. The van der Waals surface area contributed by atoms with Gasteiger partial charge in [-0.1, -0.05) is 6.07 Å². The average molecular weight is 459 g/mol. The lowest BCUT2D eigenvalue weighted by molar-refractivity contribution is 0.0629. The molecule has 0 bridgehead atoms. The number of fused-ring (bicyclic) bond motifs is 1. The fourth-order valence-electron chi connectivity index (χ4n) is 4.60. The molecule has 1 fully saturated rings. The van der Waals surface area contributed by atoms with E-state index in [1.807, 2.05) is 60.0 Å². The first-order valence-corrected chi connectivity index (χ1v) is 11.8. The Morgan fingerprint density at radius 2 is 1.91 bits per heavy atom. The van der Waals surface area contributed by atoms with Crippen molar-refractivity contribution in [3.8, 4) is 11.3 Å². The molecule has 1 aliphatic rings. The van der Waals surface area contributed by atoms with E-state index in [2.05, 4.69) is 28.8 Å². The highest BCUT2D eigenvalue weighted by atomic mass is 16.3. The number of hydrogen-bond donors (Lipinski definition) is 0. The Kier molecular flexibility index (Phi) is 5.91. The smallest absolute Gasteiger partial charge is 0.254 e. The normalized spacial score (nSPS) is 14.9. The molecule has 0 aliphatic carbocycles. The highest BCUT2D eigenvalue weighted by Gasteiger charge is 2.26. The largest absolute Gasteiger partial charge is 0.466 e.